The Morgan fingerprint density at radius 2 is 2.00 bits per heavy atom. The summed E-state index contributed by atoms with van der Waals surface area (Å²) in [6.07, 6.45) is 7.51. The van der Waals surface area contributed by atoms with Crippen molar-refractivity contribution in [2.45, 2.75) is 49.9 Å². The lowest BCUT2D eigenvalue weighted by molar-refractivity contribution is 0.0788. The van der Waals surface area contributed by atoms with E-state index >= 15 is 0 Å². The number of likely N-dealkylation sites (tertiary alicyclic amines) is 1. The van der Waals surface area contributed by atoms with Crippen LogP contribution in [0.4, 0.5) is 0 Å². The number of carbonyl (C=O) groups is 1. The van der Waals surface area contributed by atoms with Crippen LogP contribution in [0.5, 0.6) is 0 Å². The number of carbonyl (C=O) groups excluding carboxylic acids is 1. The first kappa shape index (κ1) is 13.3. The van der Waals surface area contributed by atoms with Crippen molar-refractivity contribution in [3.05, 3.63) is 35.2 Å². The molecule has 0 radical (unpaired) electrons. The third-order valence-electron chi connectivity index (χ3n) is 5.22. The molecule has 1 saturated heterocycles. The molecule has 5 rings (SSSR count). The van der Waals surface area contributed by atoms with Gasteiger partial charge in [0.1, 0.15) is 0 Å². The van der Waals surface area contributed by atoms with Crippen LogP contribution in [-0.2, 0) is 0 Å². The molecule has 2 aromatic heterocycles. The summed E-state index contributed by atoms with van der Waals surface area (Å²) in [7, 11) is 0. The molecule has 0 spiro atoms. The van der Waals surface area contributed by atoms with Gasteiger partial charge in [-0.05, 0) is 44.1 Å². The van der Waals surface area contributed by atoms with E-state index in [9.17, 15) is 4.79 Å². The van der Waals surface area contributed by atoms with Gasteiger partial charge in [-0.25, -0.2) is 0 Å². The monoisotopic (exact) mass is 312 g/mol. The van der Waals surface area contributed by atoms with Crippen LogP contribution in [0.15, 0.2) is 16.8 Å². The molecule has 1 atom stereocenters. The normalized spacial score (nSPS) is 24.3. The first-order valence-corrected chi connectivity index (χ1v) is 8.59. The number of aromatic amines is 1. The zero-order valence-corrected chi connectivity index (χ0v) is 13.0. The van der Waals surface area contributed by atoms with E-state index in [4.69, 9.17) is 4.52 Å². The molecule has 23 heavy (non-hydrogen) atoms. The molecule has 2 aliphatic carbocycles. The van der Waals surface area contributed by atoms with Crippen LogP contribution in [0.25, 0.3) is 0 Å². The van der Waals surface area contributed by atoms with Gasteiger partial charge in [0.15, 0.2) is 5.82 Å². The number of aromatic nitrogens is 3. The van der Waals surface area contributed by atoms with E-state index in [1.165, 1.54) is 25.7 Å². The molecule has 6 nitrogen and oxygen atoms in total. The smallest absolute Gasteiger partial charge is 0.255 e. The van der Waals surface area contributed by atoms with Crippen molar-refractivity contribution >= 4 is 5.91 Å². The summed E-state index contributed by atoms with van der Waals surface area (Å²) >= 11 is 0. The molecule has 1 N–H and O–H groups in total. The molecule has 3 aliphatic rings. The second-order valence-electron chi connectivity index (χ2n) is 7.08. The van der Waals surface area contributed by atoms with Crippen LogP contribution in [0.2, 0.25) is 0 Å². The Labute approximate surface area is 134 Å². The minimum atomic E-state index is 0.137. The molecule has 1 unspecified atom stereocenters. The summed E-state index contributed by atoms with van der Waals surface area (Å²) in [5, 5.41) is 4.09. The highest BCUT2D eigenvalue weighted by atomic mass is 16.5. The number of nitrogens with one attached hydrogen (secondary N) is 1. The second kappa shape index (κ2) is 4.94. The fourth-order valence-corrected chi connectivity index (χ4v) is 3.52. The average molecular weight is 312 g/mol. The molecule has 3 fully saturated rings. The van der Waals surface area contributed by atoms with Crippen molar-refractivity contribution < 1.29 is 9.32 Å². The SMILES string of the molecule is O=C(c1cc[nH]c1C1CC1)N1CCC(c2nc(C3CC3)no2)C1. The van der Waals surface area contributed by atoms with Crippen LogP contribution in [-0.4, -0.2) is 39.0 Å². The summed E-state index contributed by atoms with van der Waals surface area (Å²) in [6.45, 7) is 1.44. The second-order valence-corrected chi connectivity index (χ2v) is 7.08. The van der Waals surface area contributed by atoms with Gasteiger partial charge in [-0.1, -0.05) is 5.16 Å². The summed E-state index contributed by atoms with van der Waals surface area (Å²) < 4.78 is 5.44. The maximum absolute atomic E-state index is 12.8. The Kier molecular flexibility index (Phi) is 2.87. The number of amides is 1. The van der Waals surface area contributed by atoms with Gasteiger partial charge in [-0.2, -0.15) is 4.98 Å². The molecule has 1 amide bonds. The van der Waals surface area contributed by atoms with Gasteiger partial charge in [-0.15, -0.1) is 0 Å². The van der Waals surface area contributed by atoms with Crippen LogP contribution in [0.3, 0.4) is 0 Å². The van der Waals surface area contributed by atoms with E-state index in [-0.39, 0.29) is 11.8 Å². The molecule has 2 aromatic rings. The predicted octanol–water partition coefficient (Wildman–Crippen LogP) is 2.78. The minimum absolute atomic E-state index is 0.137. The van der Waals surface area contributed by atoms with E-state index in [1.807, 2.05) is 17.2 Å². The first-order valence-electron chi connectivity index (χ1n) is 8.59. The molecule has 0 aromatic carbocycles. The maximum atomic E-state index is 12.8. The van der Waals surface area contributed by atoms with E-state index in [0.717, 1.165) is 30.0 Å². The van der Waals surface area contributed by atoms with Crippen molar-refractivity contribution in [1.29, 1.82) is 0 Å². The first-order chi connectivity index (χ1) is 11.3. The number of nitrogens with zero attached hydrogens (tertiary/aromatic N) is 3. The van der Waals surface area contributed by atoms with Crippen molar-refractivity contribution in [1.82, 2.24) is 20.0 Å². The fourth-order valence-electron chi connectivity index (χ4n) is 3.52. The van der Waals surface area contributed by atoms with Crippen molar-refractivity contribution in [3.8, 4) is 0 Å². The Morgan fingerprint density at radius 3 is 2.78 bits per heavy atom. The number of hydrogen-bond donors (Lipinski definition) is 1. The molecule has 0 bridgehead atoms. The summed E-state index contributed by atoms with van der Waals surface area (Å²) in [5.74, 6) is 2.94. The molecule has 3 heterocycles. The van der Waals surface area contributed by atoms with Crippen molar-refractivity contribution in [2.24, 2.45) is 0 Å². The van der Waals surface area contributed by atoms with Gasteiger partial charge in [0.25, 0.3) is 5.91 Å². The highest BCUT2D eigenvalue weighted by molar-refractivity contribution is 5.96. The van der Waals surface area contributed by atoms with Crippen LogP contribution in [0, 0.1) is 0 Å². The summed E-state index contributed by atoms with van der Waals surface area (Å²) in [4.78, 5) is 22.5. The van der Waals surface area contributed by atoms with Crippen molar-refractivity contribution in [2.75, 3.05) is 13.1 Å². The molecular weight excluding hydrogens is 292 g/mol. The van der Waals surface area contributed by atoms with Gasteiger partial charge >= 0.3 is 0 Å². The molecular formula is C17H20N4O2. The zero-order chi connectivity index (χ0) is 15.4. The van der Waals surface area contributed by atoms with Gasteiger partial charge in [0.2, 0.25) is 5.89 Å². The standard InChI is InChI=1S/C17H20N4O2/c22-17(13-5-7-18-14(13)10-1-2-10)21-8-6-12(9-21)16-19-15(20-23-16)11-3-4-11/h5,7,10-12,18H,1-4,6,8-9H2. The molecule has 1 aliphatic heterocycles. The van der Waals surface area contributed by atoms with Gasteiger partial charge in [-0.3, -0.25) is 4.79 Å². The van der Waals surface area contributed by atoms with Crippen molar-refractivity contribution in [3.63, 3.8) is 0 Å². The Bertz CT molecular complexity index is 741. The molecule has 6 heteroatoms. The predicted molar refractivity (Wildman–Crippen MR) is 82.3 cm³/mol. The van der Waals surface area contributed by atoms with E-state index in [0.29, 0.717) is 24.3 Å². The van der Waals surface area contributed by atoms with Crippen LogP contribution >= 0.6 is 0 Å². The topological polar surface area (TPSA) is 75.0 Å². The Morgan fingerprint density at radius 1 is 1.17 bits per heavy atom. The number of rotatable bonds is 4. The number of hydrogen-bond acceptors (Lipinski definition) is 4. The van der Waals surface area contributed by atoms with Gasteiger partial charge in [0, 0.05) is 30.9 Å². The minimum Gasteiger partial charge on any atom is -0.364 e. The maximum Gasteiger partial charge on any atom is 0.255 e. The van der Waals surface area contributed by atoms with E-state index < -0.39 is 0 Å². The Balaban J connectivity index is 1.30. The third kappa shape index (κ3) is 2.36. The Hall–Kier alpha value is -2.11. The summed E-state index contributed by atoms with van der Waals surface area (Å²) in [6, 6.07) is 1.92. The van der Waals surface area contributed by atoms with Gasteiger partial charge < -0.3 is 14.4 Å². The molecule has 120 valence electrons. The van der Waals surface area contributed by atoms with Gasteiger partial charge in [0.05, 0.1) is 11.5 Å². The van der Waals surface area contributed by atoms with E-state index in [2.05, 4.69) is 15.1 Å². The third-order valence-corrected chi connectivity index (χ3v) is 5.22. The highest BCUT2D eigenvalue weighted by Gasteiger charge is 2.36. The lowest BCUT2D eigenvalue weighted by Gasteiger charge is -2.16. The number of H-pyrrole nitrogens is 1. The molecule has 2 saturated carbocycles. The quantitative estimate of drug-likeness (QED) is 0.942. The average Bonchev–Trinajstić information content (AvgIpc) is 3.43. The fraction of sp³-hybridized carbons (Fsp3) is 0.588. The lowest BCUT2D eigenvalue weighted by Crippen LogP contribution is -2.29. The largest absolute Gasteiger partial charge is 0.364 e. The van der Waals surface area contributed by atoms with E-state index in [1.54, 1.807) is 0 Å². The highest BCUT2D eigenvalue weighted by Crippen LogP contribution is 2.42. The summed E-state index contributed by atoms with van der Waals surface area (Å²) in [5.41, 5.74) is 1.96. The van der Waals surface area contributed by atoms with Crippen LogP contribution in [0.1, 0.15) is 77.6 Å². The van der Waals surface area contributed by atoms with Crippen LogP contribution < -0.4 is 0 Å². The zero-order valence-electron chi connectivity index (χ0n) is 13.0. The lowest BCUT2D eigenvalue weighted by atomic mass is 10.1.